The molecular weight excluding hydrogens is 228 g/mol. The van der Waals surface area contributed by atoms with Gasteiger partial charge in [0.05, 0.1) is 0 Å². The molecule has 1 rings (SSSR count). The summed E-state index contributed by atoms with van der Waals surface area (Å²) in [6.45, 7) is 4.19. The molecule has 0 fully saturated rings. The number of rotatable bonds is 7. The van der Waals surface area contributed by atoms with E-state index in [0.29, 0.717) is 11.4 Å². The molecule has 1 aromatic rings. The number of benzene rings is 1. The molecule has 0 radical (unpaired) electrons. The zero-order chi connectivity index (χ0) is 13.4. The molecule has 18 heavy (non-hydrogen) atoms. The molecule has 3 N–H and O–H groups in total. The molecule has 1 unspecified atom stereocenters. The highest BCUT2D eigenvalue weighted by Crippen LogP contribution is 2.12. The van der Waals surface area contributed by atoms with Gasteiger partial charge in [0.25, 0.3) is 5.91 Å². The normalized spacial score (nSPS) is 11.9. The van der Waals surface area contributed by atoms with Crippen LogP contribution in [0.2, 0.25) is 0 Å². The summed E-state index contributed by atoms with van der Waals surface area (Å²) < 4.78 is 5.36. The van der Waals surface area contributed by atoms with Crippen molar-refractivity contribution in [2.75, 3.05) is 12.3 Å². The van der Waals surface area contributed by atoms with Gasteiger partial charge in [0.15, 0.2) is 6.61 Å². The molecule has 4 heteroatoms. The first-order valence-electron chi connectivity index (χ1n) is 6.39. The first-order chi connectivity index (χ1) is 8.61. The van der Waals surface area contributed by atoms with Crippen LogP contribution in [0.3, 0.4) is 0 Å². The summed E-state index contributed by atoms with van der Waals surface area (Å²) in [6, 6.07) is 7.20. The van der Waals surface area contributed by atoms with E-state index in [2.05, 4.69) is 12.2 Å². The fraction of sp³-hybridized carbons (Fsp3) is 0.500. The van der Waals surface area contributed by atoms with Crippen molar-refractivity contribution in [2.45, 2.75) is 39.2 Å². The third kappa shape index (κ3) is 5.57. The Morgan fingerprint density at radius 3 is 2.67 bits per heavy atom. The van der Waals surface area contributed by atoms with Crippen LogP contribution in [0.1, 0.15) is 33.1 Å². The van der Waals surface area contributed by atoms with Gasteiger partial charge >= 0.3 is 0 Å². The first kappa shape index (κ1) is 14.4. The Kier molecular flexibility index (Phi) is 6.05. The smallest absolute Gasteiger partial charge is 0.258 e. The molecule has 100 valence electrons. The Morgan fingerprint density at radius 1 is 1.39 bits per heavy atom. The van der Waals surface area contributed by atoms with Gasteiger partial charge in [-0.05, 0) is 37.6 Å². The molecule has 0 spiro atoms. The van der Waals surface area contributed by atoms with E-state index in [4.69, 9.17) is 10.5 Å². The number of carbonyl (C=O) groups excluding carboxylic acids is 1. The van der Waals surface area contributed by atoms with Crippen LogP contribution in [0, 0.1) is 0 Å². The molecule has 0 aliphatic carbocycles. The van der Waals surface area contributed by atoms with Crippen molar-refractivity contribution in [3.05, 3.63) is 24.3 Å². The average molecular weight is 250 g/mol. The van der Waals surface area contributed by atoms with Gasteiger partial charge in [-0.1, -0.05) is 19.8 Å². The number of anilines is 1. The first-order valence-corrected chi connectivity index (χ1v) is 6.39. The Hall–Kier alpha value is -1.71. The van der Waals surface area contributed by atoms with E-state index < -0.39 is 0 Å². The maximum Gasteiger partial charge on any atom is 0.258 e. The number of amides is 1. The van der Waals surface area contributed by atoms with Gasteiger partial charge in [-0.2, -0.15) is 0 Å². The van der Waals surface area contributed by atoms with Crippen LogP contribution in [0.15, 0.2) is 24.3 Å². The second kappa shape index (κ2) is 7.58. The number of nitrogens with two attached hydrogens (primary N) is 1. The van der Waals surface area contributed by atoms with Crippen LogP contribution in [-0.4, -0.2) is 18.6 Å². The average Bonchev–Trinajstić information content (AvgIpc) is 2.35. The summed E-state index contributed by atoms with van der Waals surface area (Å²) in [6.07, 6.45) is 3.27. The van der Waals surface area contributed by atoms with Gasteiger partial charge in [0.1, 0.15) is 5.75 Å². The molecule has 0 aliphatic heterocycles. The van der Waals surface area contributed by atoms with Crippen molar-refractivity contribution in [3.8, 4) is 5.75 Å². The van der Waals surface area contributed by atoms with Gasteiger partial charge in [0.2, 0.25) is 0 Å². The van der Waals surface area contributed by atoms with Crippen LogP contribution in [0.25, 0.3) is 0 Å². The van der Waals surface area contributed by atoms with E-state index in [1.54, 1.807) is 24.3 Å². The monoisotopic (exact) mass is 250 g/mol. The van der Waals surface area contributed by atoms with Gasteiger partial charge in [0, 0.05) is 11.7 Å². The van der Waals surface area contributed by atoms with Crippen LogP contribution in [0.4, 0.5) is 5.69 Å². The Labute approximate surface area is 109 Å². The third-order valence-electron chi connectivity index (χ3n) is 2.65. The lowest BCUT2D eigenvalue weighted by Gasteiger charge is -2.13. The lowest BCUT2D eigenvalue weighted by atomic mass is 10.1. The van der Waals surface area contributed by atoms with Crippen molar-refractivity contribution in [2.24, 2.45) is 0 Å². The summed E-state index contributed by atoms with van der Waals surface area (Å²) in [4.78, 5) is 11.6. The number of ether oxygens (including phenoxy) is 1. The molecule has 1 atom stereocenters. The summed E-state index contributed by atoms with van der Waals surface area (Å²) in [7, 11) is 0. The molecule has 0 aliphatic rings. The fourth-order valence-electron chi connectivity index (χ4n) is 1.61. The van der Waals surface area contributed by atoms with Gasteiger partial charge in [-0.15, -0.1) is 0 Å². The molecule has 0 aromatic heterocycles. The second-order valence-corrected chi connectivity index (χ2v) is 4.47. The van der Waals surface area contributed by atoms with Crippen LogP contribution in [-0.2, 0) is 4.79 Å². The number of nitrogen functional groups attached to an aromatic ring is 1. The summed E-state index contributed by atoms with van der Waals surface area (Å²) in [5.41, 5.74) is 6.24. The number of hydrogen-bond acceptors (Lipinski definition) is 3. The van der Waals surface area contributed by atoms with Crippen LogP contribution >= 0.6 is 0 Å². The van der Waals surface area contributed by atoms with Gasteiger partial charge in [-0.25, -0.2) is 0 Å². The van der Waals surface area contributed by atoms with Gasteiger partial charge < -0.3 is 15.8 Å². The van der Waals surface area contributed by atoms with E-state index in [1.807, 2.05) is 6.92 Å². The SMILES string of the molecule is CCCCC(C)NC(=O)COc1ccc(N)cc1. The van der Waals surface area contributed by atoms with Crippen molar-refractivity contribution in [1.29, 1.82) is 0 Å². The number of hydrogen-bond donors (Lipinski definition) is 2. The minimum atomic E-state index is -0.0876. The lowest BCUT2D eigenvalue weighted by molar-refractivity contribution is -0.123. The number of carbonyl (C=O) groups is 1. The summed E-state index contributed by atoms with van der Waals surface area (Å²) >= 11 is 0. The molecule has 0 heterocycles. The fourth-order valence-corrected chi connectivity index (χ4v) is 1.61. The van der Waals surface area contributed by atoms with Crippen molar-refractivity contribution < 1.29 is 9.53 Å². The van der Waals surface area contributed by atoms with Crippen LogP contribution < -0.4 is 15.8 Å². The Morgan fingerprint density at radius 2 is 2.06 bits per heavy atom. The Bertz CT molecular complexity index is 363. The highest BCUT2D eigenvalue weighted by Gasteiger charge is 2.07. The maximum atomic E-state index is 11.6. The van der Waals surface area contributed by atoms with Gasteiger partial charge in [-0.3, -0.25) is 4.79 Å². The van der Waals surface area contributed by atoms with E-state index in [-0.39, 0.29) is 18.6 Å². The molecule has 0 saturated heterocycles. The van der Waals surface area contributed by atoms with Crippen molar-refractivity contribution in [1.82, 2.24) is 5.32 Å². The Balaban J connectivity index is 2.26. The lowest BCUT2D eigenvalue weighted by Crippen LogP contribution is -2.36. The summed E-state index contributed by atoms with van der Waals surface area (Å²) in [5, 5.41) is 2.91. The number of unbranched alkanes of at least 4 members (excludes halogenated alkanes) is 1. The molecule has 1 amide bonds. The standard InChI is InChI=1S/C14H22N2O2/c1-3-4-5-11(2)16-14(17)10-18-13-8-6-12(15)7-9-13/h6-9,11H,3-5,10,15H2,1-2H3,(H,16,17). The van der Waals surface area contributed by atoms with E-state index in [1.165, 1.54) is 0 Å². The zero-order valence-electron chi connectivity index (χ0n) is 11.1. The molecule has 4 nitrogen and oxygen atoms in total. The highest BCUT2D eigenvalue weighted by atomic mass is 16.5. The zero-order valence-corrected chi connectivity index (χ0v) is 11.1. The minimum absolute atomic E-state index is 0.0420. The van der Waals surface area contributed by atoms with E-state index in [9.17, 15) is 4.79 Å². The number of nitrogens with one attached hydrogen (secondary N) is 1. The topological polar surface area (TPSA) is 64.3 Å². The molecular formula is C14H22N2O2. The van der Waals surface area contributed by atoms with E-state index in [0.717, 1.165) is 19.3 Å². The van der Waals surface area contributed by atoms with Crippen molar-refractivity contribution in [3.63, 3.8) is 0 Å². The third-order valence-corrected chi connectivity index (χ3v) is 2.65. The quantitative estimate of drug-likeness (QED) is 0.730. The second-order valence-electron chi connectivity index (χ2n) is 4.47. The largest absolute Gasteiger partial charge is 0.484 e. The minimum Gasteiger partial charge on any atom is -0.484 e. The van der Waals surface area contributed by atoms with Crippen LogP contribution in [0.5, 0.6) is 5.75 Å². The van der Waals surface area contributed by atoms with Crippen molar-refractivity contribution >= 4 is 11.6 Å². The summed E-state index contributed by atoms with van der Waals surface area (Å²) in [5.74, 6) is 0.566. The molecule has 1 aromatic carbocycles. The molecule has 0 bridgehead atoms. The predicted molar refractivity (Wildman–Crippen MR) is 73.5 cm³/mol. The maximum absolute atomic E-state index is 11.6. The van der Waals surface area contributed by atoms with E-state index >= 15 is 0 Å². The predicted octanol–water partition coefficient (Wildman–Crippen LogP) is 2.34. The highest BCUT2D eigenvalue weighted by molar-refractivity contribution is 5.77. The molecule has 0 saturated carbocycles.